The summed E-state index contributed by atoms with van der Waals surface area (Å²) in [5.74, 6) is -6.79. The van der Waals surface area contributed by atoms with E-state index in [0.29, 0.717) is 19.4 Å². The van der Waals surface area contributed by atoms with Gasteiger partial charge in [-0.1, -0.05) is 20.3 Å². The number of amides is 7. The van der Waals surface area contributed by atoms with Crippen LogP contribution in [0, 0.1) is 5.92 Å². The monoisotopic (exact) mass is 642 g/mol. The van der Waals surface area contributed by atoms with Crippen LogP contribution in [0.25, 0.3) is 0 Å². The molecule has 254 valence electrons. The molecule has 45 heavy (non-hydrogen) atoms. The molecular weight excluding hydrogens is 596 g/mol. The summed E-state index contributed by atoms with van der Waals surface area (Å²) in [6.07, 6.45) is 0.188. The third-order valence-corrected chi connectivity index (χ3v) is 7.16. The predicted molar refractivity (Wildman–Crippen MR) is 158 cm³/mol. The summed E-state index contributed by atoms with van der Waals surface area (Å²) in [5.41, 5.74) is 5.19. The lowest BCUT2D eigenvalue weighted by atomic mass is 9.98. The zero-order valence-electron chi connectivity index (χ0n) is 25.9. The highest BCUT2D eigenvalue weighted by Crippen LogP contribution is 2.09. The van der Waals surface area contributed by atoms with Crippen LogP contribution in [-0.4, -0.2) is 113 Å². The predicted octanol–water partition coefficient (Wildman–Crippen LogP) is -4.29. The Bertz CT molecular complexity index is 1100. The van der Waals surface area contributed by atoms with Gasteiger partial charge in [0, 0.05) is 6.42 Å². The number of carbonyl (C=O) groups is 8. The molecule has 1 heterocycles. The van der Waals surface area contributed by atoms with E-state index >= 15 is 0 Å². The molecule has 1 rings (SSSR count). The van der Waals surface area contributed by atoms with E-state index in [1.165, 1.54) is 13.8 Å². The quantitative estimate of drug-likeness (QED) is 0.0643. The molecule has 11 N–H and O–H groups in total. The van der Waals surface area contributed by atoms with E-state index in [2.05, 4.69) is 37.2 Å². The average molecular weight is 643 g/mol. The number of aliphatic hydroxyl groups is 1. The molecule has 0 saturated carbocycles. The molecule has 0 aromatic carbocycles. The largest absolute Gasteiger partial charge is 0.480 e. The van der Waals surface area contributed by atoms with Crippen molar-refractivity contribution in [3.63, 3.8) is 0 Å². The van der Waals surface area contributed by atoms with Gasteiger partial charge in [0.1, 0.15) is 18.1 Å². The normalized spacial score (nSPS) is 18.1. The van der Waals surface area contributed by atoms with E-state index in [9.17, 15) is 43.5 Å². The average Bonchev–Trinajstić information content (AvgIpc) is 3.52. The van der Waals surface area contributed by atoms with E-state index < -0.39 is 103 Å². The summed E-state index contributed by atoms with van der Waals surface area (Å²) in [5, 5.41) is 35.7. The number of carbonyl (C=O) groups excluding carboxylic acids is 7. The van der Waals surface area contributed by atoms with E-state index in [0.717, 1.165) is 6.42 Å². The molecule has 0 aromatic heterocycles. The second-order valence-electron chi connectivity index (χ2n) is 10.9. The van der Waals surface area contributed by atoms with Gasteiger partial charge in [0.05, 0.1) is 25.2 Å². The molecule has 7 unspecified atom stereocenters. The Morgan fingerprint density at radius 3 is 1.91 bits per heavy atom. The van der Waals surface area contributed by atoms with Gasteiger partial charge in [-0.15, -0.1) is 0 Å². The molecule has 0 aromatic rings. The highest BCUT2D eigenvalue weighted by Gasteiger charge is 2.31. The van der Waals surface area contributed by atoms with Crippen LogP contribution in [0.4, 0.5) is 0 Å². The molecular formula is C27H46N8O10. The van der Waals surface area contributed by atoms with Crippen LogP contribution in [0.3, 0.4) is 0 Å². The fraction of sp³-hybridized carbons (Fsp3) is 0.704. The van der Waals surface area contributed by atoms with Gasteiger partial charge in [-0.3, -0.25) is 33.6 Å². The van der Waals surface area contributed by atoms with Gasteiger partial charge in [-0.2, -0.15) is 0 Å². The summed E-state index contributed by atoms with van der Waals surface area (Å²) in [4.78, 5) is 97.9. The first-order valence-electron chi connectivity index (χ1n) is 14.7. The van der Waals surface area contributed by atoms with Crippen molar-refractivity contribution in [1.82, 2.24) is 37.2 Å². The van der Waals surface area contributed by atoms with E-state index in [1.807, 2.05) is 0 Å². The molecule has 1 fully saturated rings. The molecule has 18 nitrogen and oxygen atoms in total. The van der Waals surface area contributed by atoms with Crippen molar-refractivity contribution in [2.24, 2.45) is 11.7 Å². The molecule has 1 saturated heterocycles. The van der Waals surface area contributed by atoms with Crippen molar-refractivity contribution >= 4 is 47.3 Å². The Morgan fingerprint density at radius 1 is 0.844 bits per heavy atom. The number of hydrogen-bond acceptors (Lipinski definition) is 10. The maximum Gasteiger partial charge on any atom is 0.328 e. The minimum absolute atomic E-state index is 0.0819. The van der Waals surface area contributed by atoms with Gasteiger partial charge < -0.3 is 53.2 Å². The van der Waals surface area contributed by atoms with Crippen molar-refractivity contribution < 1.29 is 48.6 Å². The SMILES string of the molecule is CCC(C)C(NC(=O)CNC(=O)C(CCC(N)=O)NC(=O)C1CCCN1)C(=O)NC(C)C(=O)NCC(=O)NC(C(=O)O)C(C)O. The minimum atomic E-state index is -1.58. The molecule has 0 aliphatic carbocycles. The second kappa shape index (κ2) is 19.1. The maximum atomic E-state index is 13.0. The molecule has 1 aliphatic rings. The number of carboxylic acids is 1. The number of carboxylic acid groups (broad SMARTS) is 1. The highest BCUT2D eigenvalue weighted by molar-refractivity contribution is 5.95. The van der Waals surface area contributed by atoms with Gasteiger partial charge in [0.2, 0.25) is 41.4 Å². The molecule has 0 radical (unpaired) electrons. The second-order valence-corrected chi connectivity index (χ2v) is 10.9. The van der Waals surface area contributed by atoms with E-state index in [1.54, 1.807) is 13.8 Å². The van der Waals surface area contributed by atoms with Crippen LogP contribution < -0.4 is 43.0 Å². The smallest absolute Gasteiger partial charge is 0.328 e. The number of aliphatic carboxylic acids is 1. The molecule has 7 amide bonds. The lowest BCUT2D eigenvalue weighted by Gasteiger charge is -2.25. The van der Waals surface area contributed by atoms with Gasteiger partial charge in [0.15, 0.2) is 6.04 Å². The zero-order valence-corrected chi connectivity index (χ0v) is 25.9. The van der Waals surface area contributed by atoms with Crippen molar-refractivity contribution in [2.45, 2.75) is 96.1 Å². The van der Waals surface area contributed by atoms with Crippen molar-refractivity contribution in [1.29, 1.82) is 0 Å². The molecule has 18 heteroatoms. The van der Waals surface area contributed by atoms with Crippen molar-refractivity contribution in [3.8, 4) is 0 Å². The third-order valence-electron chi connectivity index (χ3n) is 7.16. The first-order chi connectivity index (χ1) is 21.1. The minimum Gasteiger partial charge on any atom is -0.480 e. The number of nitrogens with one attached hydrogen (secondary N) is 7. The zero-order chi connectivity index (χ0) is 34.3. The number of primary amides is 1. The van der Waals surface area contributed by atoms with Crippen LogP contribution in [0.1, 0.15) is 59.8 Å². The Kier molecular flexibility index (Phi) is 16.5. The lowest BCUT2D eigenvalue weighted by molar-refractivity contribution is -0.144. The van der Waals surface area contributed by atoms with Gasteiger partial charge in [0.25, 0.3) is 0 Å². The first kappa shape index (κ1) is 38.7. The van der Waals surface area contributed by atoms with Gasteiger partial charge in [-0.25, -0.2) is 4.79 Å². The molecule has 1 aliphatic heterocycles. The van der Waals surface area contributed by atoms with Crippen molar-refractivity contribution in [3.05, 3.63) is 0 Å². The topological polar surface area (TPSA) is 287 Å². The molecule has 0 bridgehead atoms. The number of aliphatic hydroxyl groups excluding tert-OH is 1. The Labute approximate surface area is 260 Å². The number of hydrogen-bond donors (Lipinski definition) is 10. The Morgan fingerprint density at radius 2 is 1.42 bits per heavy atom. The van der Waals surface area contributed by atoms with Crippen LogP contribution in [0.2, 0.25) is 0 Å². The summed E-state index contributed by atoms with van der Waals surface area (Å²) in [6.45, 7) is 5.44. The molecule has 0 spiro atoms. The van der Waals surface area contributed by atoms with Crippen LogP contribution in [-0.2, 0) is 38.4 Å². The van der Waals surface area contributed by atoms with E-state index in [-0.39, 0.29) is 12.8 Å². The summed E-state index contributed by atoms with van der Waals surface area (Å²) in [6, 6.07) is -5.46. The van der Waals surface area contributed by atoms with Gasteiger partial charge >= 0.3 is 5.97 Å². The number of rotatable bonds is 19. The molecule has 7 atom stereocenters. The lowest BCUT2D eigenvalue weighted by Crippen LogP contribution is -2.57. The Hall–Kier alpha value is -4.32. The first-order valence-corrected chi connectivity index (χ1v) is 14.7. The summed E-state index contributed by atoms with van der Waals surface area (Å²) < 4.78 is 0. The summed E-state index contributed by atoms with van der Waals surface area (Å²) >= 11 is 0. The maximum absolute atomic E-state index is 13.0. The summed E-state index contributed by atoms with van der Waals surface area (Å²) in [7, 11) is 0. The number of nitrogens with two attached hydrogens (primary N) is 1. The standard InChI is InChI=1S/C27H46N8O10/c1-5-13(2)21(26(43)32-14(3)23(40)30-11-20(39)35-22(15(4)36)27(44)45)34-19(38)12-31-24(41)17(8-9-18(28)37)33-25(42)16-7-6-10-29-16/h13-17,21-22,29,36H,5-12H2,1-4H3,(H2,28,37)(H,30,40)(H,31,41)(H,32,43)(H,33,42)(H,34,38)(H,35,39)(H,44,45). The highest BCUT2D eigenvalue weighted by atomic mass is 16.4. The van der Waals surface area contributed by atoms with Gasteiger partial charge in [-0.05, 0) is 45.6 Å². The van der Waals surface area contributed by atoms with E-state index in [4.69, 9.17) is 10.8 Å². The van der Waals surface area contributed by atoms with Crippen LogP contribution in [0.15, 0.2) is 0 Å². The Balaban J connectivity index is 2.72. The van der Waals surface area contributed by atoms with Crippen LogP contribution in [0.5, 0.6) is 0 Å². The van der Waals surface area contributed by atoms with Crippen LogP contribution >= 0.6 is 0 Å². The third kappa shape index (κ3) is 13.9. The fourth-order valence-electron chi connectivity index (χ4n) is 4.26. The van der Waals surface area contributed by atoms with Crippen molar-refractivity contribution in [2.75, 3.05) is 19.6 Å². The fourth-order valence-corrected chi connectivity index (χ4v) is 4.26.